The van der Waals surface area contributed by atoms with Gasteiger partial charge in [0.1, 0.15) is 0 Å². The number of likely N-dealkylation sites (tertiary alicyclic amines) is 1. The van der Waals surface area contributed by atoms with Crippen LogP contribution in [0.3, 0.4) is 0 Å². The molecule has 1 aromatic rings. The lowest BCUT2D eigenvalue weighted by Gasteiger charge is -2.31. The lowest BCUT2D eigenvalue weighted by molar-refractivity contribution is 0.198. The Kier molecular flexibility index (Phi) is 4.84. The minimum Gasteiger partial charge on any atom is -0.355 e. The van der Waals surface area contributed by atoms with Crippen molar-refractivity contribution >= 4 is 5.95 Å². The maximum Gasteiger partial charge on any atom is 0.203 e. The van der Waals surface area contributed by atoms with Crippen LogP contribution in [0.25, 0.3) is 0 Å². The second-order valence-corrected chi connectivity index (χ2v) is 6.81. The van der Waals surface area contributed by atoms with Crippen LogP contribution in [0, 0.1) is 12.8 Å². The molecule has 4 heteroatoms. The van der Waals surface area contributed by atoms with Crippen molar-refractivity contribution in [2.24, 2.45) is 5.92 Å². The molecule has 0 radical (unpaired) electrons. The van der Waals surface area contributed by atoms with Crippen LogP contribution in [0.2, 0.25) is 0 Å². The summed E-state index contributed by atoms with van der Waals surface area (Å²) in [5, 5.41) is 3.65. The second-order valence-electron chi connectivity index (χ2n) is 6.81. The summed E-state index contributed by atoms with van der Waals surface area (Å²) in [7, 11) is 0. The van der Waals surface area contributed by atoms with Crippen molar-refractivity contribution in [1.29, 1.82) is 0 Å². The lowest BCUT2D eigenvalue weighted by Crippen LogP contribution is -2.35. The quantitative estimate of drug-likeness (QED) is 0.901. The van der Waals surface area contributed by atoms with Crippen LogP contribution in [0.4, 0.5) is 5.95 Å². The van der Waals surface area contributed by atoms with E-state index in [1.54, 1.807) is 0 Å². The number of nitrogens with one attached hydrogen (secondary N) is 1. The molecule has 0 atom stereocenters. The fraction of sp³-hybridized carbons (Fsp3) is 0.824. The zero-order valence-corrected chi connectivity index (χ0v) is 13.6. The van der Waals surface area contributed by atoms with E-state index in [1.165, 1.54) is 58.2 Å². The normalized spacial score (nSPS) is 22.0. The monoisotopic (exact) mass is 290 g/mol. The third kappa shape index (κ3) is 3.60. The molecule has 2 heterocycles. The minimum atomic E-state index is 0.677. The Morgan fingerprint density at radius 3 is 2.57 bits per heavy atom. The fourth-order valence-electron chi connectivity index (χ4n) is 3.85. The van der Waals surface area contributed by atoms with Gasteiger partial charge in [0.25, 0.3) is 0 Å². The van der Waals surface area contributed by atoms with Gasteiger partial charge in [-0.1, -0.05) is 19.8 Å². The van der Waals surface area contributed by atoms with Crippen LogP contribution < -0.4 is 5.32 Å². The molecule has 0 unspecified atom stereocenters. The van der Waals surface area contributed by atoms with Gasteiger partial charge in [-0.15, -0.1) is 0 Å². The number of aromatic nitrogens is 2. The average molecular weight is 290 g/mol. The van der Waals surface area contributed by atoms with Gasteiger partial charge in [-0.3, -0.25) is 0 Å². The van der Waals surface area contributed by atoms with E-state index in [9.17, 15) is 0 Å². The Morgan fingerprint density at radius 1 is 1.19 bits per heavy atom. The molecule has 118 valence electrons. The van der Waals surface area contributed by atoms with Crippen LogP contribution in [0.1, 0.15) is 57.2 Å². The zero-order valence-electron chi connectivity index (χ0n) is 13.6. The summed E-state index contributed by atoms with van der Waals surface area (Å²) in [6.45, 7) is 9.18. The summed E-state index contributed by atoms with van der Waals surface area (Å²) in [4.78, 5) is 7.27. The molecule has 0 bridgehead atoms. The number of imidazole rings is 1. The number of anilines is 1. The Hall–Kier alpha value is -1.03. The van der Waals surface area contributed by atoms with Crippen LogP contribution in [-0.4, -0.2) is 40.6 Å². The first-order valence-electron chi connectivity index (χ1n) is 8.78. The fourth-order valence-corrected chi connectivity index (χ4v) is 3.85. The lowest BCUT2D eigenvalue weighted by atomic mass is 9.97. The first-order valence-corrected chi connectivity index (χ1v) is 8.78. The van der Waals surface area contributed by atoms with E-state index in [0.717, 1.165) is 24.1 Å². The van der Waals surface area contributed by atoms with E-state index >= 15 is 0 Å². The number of rotatable bonds is 5. The highest BCUT2D eigenvalue weighted by Gasteiger charge is 2.22. The Labute approximate surface area is 128 Å². The molecule has 1 saturated carbocycles. The van der Waals surface area contributed by atoms with Crippen LogP contribution >= 0.6 is 0 Å². The molecule has 21 heavy (non-hydrogen) atoms. The largest absolute Gasteiger partial charge is 0.355 e. The molecular weight excluding hydrogens is 260 g/mol. The highest BCUT2D eigenvalue weighted by molar-refractivity contribution is 5.30. The second kappa shape index (κ2) is 6.82. The molecule has 1 aliphatic carbocycles. The molecule has 1 aliphatic heterocycles. The highest BCUT2D eigenvalue weighted by Crippen LogP contribution is 2.32. The van der Waals surface area contributed by atoms with E-state index in [4.69, 9.17) is 4.98 Å². The first kappa shape index (κ1) is 14.9. The number of nitrogens with zero attached hydrogens (tertiary/aromatic N) is 3. The molecular formula is C17H30N4. The Balaban J connectivity index is 1.55. The highest BCUT2D eigenvalue weighted by atomic mass is 15.2. The van der Waals surface area contributed by atoms with Crippen LogP contribution in [0.15, 0.2) is 6.20 Å². The van der Waals surface area contributed by atoms with Crippen molar-refractivity contribution < 1.29 is 0 Å². The molecule has 4 nitrogen and oxygen atoms in total. The van der Waals surface area contributed by atoms with Gasteiger partial charge in [0, 0.05) is 18.8 Å². The van der Waals surface area contributed by atoms with Gasteiger partial charge in [0.05, 0.1) is 5.69 Å². The van der Waals surface area contributed by atoms with Gasteiger partial charge in [-0.2, -0.15) is 0 Å². The average Bonchev–Trinajstić information content (AvgIpc) is 3.14. The van der Waals surface area contributed by atoms with E-state index in [1.807, 2.05) is 0 Å². The van der Waals surface area contributed by atoms with Gasteiger partial charge in [-0.25, -0.2) is 4.98 Å². The minimum absolute atomic E-state index is 0.677. The van der Waals surface area contributed by atoms with E-state index < -0.39 is 0 Å². The predicted octanol–water partition coefficient (Wildman–Crippen LogP) is 3.45. The molecule has 0 spiro atoms. The molecule has 1 saturated heterocycles. The van der Waals surface area contributed by atoms with Gasteiger partial charge < -0.3 is 14.8 Å². The molecule has 1 N–H and O–H groups in total. The smallest absolute Gasteiger partial charge is 0.203 e. The molecule has 0 amide bonds. The Morgan fingerprint density at radius 2 is 1.90 bits per heavy atom. The number of hydrogen-bond donors (Lipinski definition) is 1. The number of aryl methyl sites for hydroxylation is 1. The van der Waals surface area contributed by atoms with Crippen molar-refractivity contribution in [2.45, 2.75) is 58.4 Å². The summed E-state index contributed by atoms with van der Waals surface area (Å²) < 4.78 is 2.41. The van der Waals surface area contributed by atoms with Gasteiger partial charge in [0.15, 0.2) is 0 Å². The van der Waals surface area contributed by atoms with Crippen molar-refractivity contribution in [1.82, 2.24) is 14.5 Å². The van der Waals surface area contributed by atoms with E-state index in [2.05, 4.69) is 34.8 Å². The maximum atomic E-state index is 4.71. The third-order valence-electron chi connectivity index (χ3n) is 5.27. The van der Waals surface area contributed by atoms with Gasteiger partial charge in [-0.05, 0) is 58.2 Å². The Bertz CT molecular complexity index is 440. The van der Waals surface area contributed by atoms with Crippen molar-refractivity contribution in [3.63, 3.8) is 0 Å². The molecule has 2 fully saturated rings. The number of hydrogen-bond acceptors (Lipinski definition) is 3. The molecule has 0 aromatic carbocycles. The predicted molar refractivity (Wildman–Crippen MR) is 87.8 cm³/mol. The molecule has 3 rings (SSSR count). The van der Waals surface area contributed by atoms with E-state index in [-0.39, 0.29) is 0 Å². The topological polar surface area (TPSA) is 33.1 Å². The molecule has 1 aromatic heterocycles. The maximum absolute atomic E-state index is 4.71. The van der Waals surface area contributed by atoms with Crippen molar-refractivity contribution in [2.75, 3.05) is 31.5 Å². The molecule has 2 aliphatic rings. The van der Waals surface area contributed by atoms with Gasteiger partial charge in [0.2, 0.25) is 5.95 Å². The summed E-state index contributed by atoms with van der Waals surface area (Å²) in [5.74, 6) is 1.92. The van der Waals surface area contributed by atoms with Crippen LogP contribution in [-0.2, 0) is 0 Å². The van der Waals surface area contributed by atoms with E-state index in [0.29, 0.717) is 6.04 Å². The summed E-state index contributed by atoms with van der Waals surface area (Å²) in [6, 6.07) is 0.677. The summed E-state index contributed by atoms with van der Waals surface area (Å²) in [6.07, 6.45) is 10.3. The van der Waals surface area contributed by atoms with Crippen LogP contribution in [0.5, 0.6) is 0 Å². The van der Waals surface area contributed by atoms with Gasteiger partial charge >= 0.3 is 0 Å². The summed E-state index contributed by atoms with van der Waals surface area (Å²) >= 11 is 0. The van der Waals surface area contributed by atoms with Crippen molar-refractivity contribution in [3.05, 3.63) is 11.9 Å². The standard InChI is InChI=1S/C17H30N4/c1-3-20-10-8-15(9-11-20)12-18-17-19-14(2)13-21(17)16-6-4-5-7-16/h13,15-16H,3-12H2,1-2H3,(H,18,19). The third-order valence-corrected chi connectivity index (χ3v) is 5.27. The SMILES string of the molecule is CCN1CCC(CNc2nc(C)cn2C2CCCC2)CC1. The zero-order chi connectivity index (χ0) is 14.7. The first-order chi connectivity index (χ1) is 10.3. The van der Waals surface area contributed by atoms with Crippen molar-refractivity contribution in [3.8, 4) is 0 Å². The number of piperidine rings is 1. The summed E-state index contributed by atoms with van der Waals surface area (Å²) in [5.41, 5.74) is 1.14.